The lowest BCUT2D eigenvalue weighted by Crippen LogP contribution is -2.24. The quantitative estimate of drug-likeness (QED) is 0.730. The average molecular weight is 225 g/mol. The number of anilines is 1. The molecular weight excluding hydrogens is 210 g/mol. The largest absolute Gasteiger partial charge is 0.308 e. The summed E-state index contributed by atoms with van der Waals surface area (Å²) in [5, 5.41) is 0. The summed E-state index contributed by atoms with van der Waals surface area (Å²) in [4.78, 5) is 13.0. The zero-order valence-corrected chi connectivity index (χ0v) is 9.78. The molecule has 2 heteroatoms. The fraction of sp³-hybridized carbons (Fsp3) is 0.133. The first-order valence-corrected chi connectivity index (χ1v) is 5.66. The van der Waals surface area contributed by atoms with Crippen molar-refractivity contribution in [2.45, 2.75) is 13.0 Å². The van der Waals surface area contributed by atoms with Crippen LogP contribution in [0.4, 0.5) is 5.69 Å². The van der Waals surface area contributed by atoms with Gasteiger partial charge >= 0.3 is 0 Å². The van der Waals surface area contributed by atoms with Crippen LogP contribution in [0.2, 0.25) is 0 Å². The minimum atomic E-state index is 0.0381. The SMILES string of the molecule is CC(c1ccccc1)N(C=O)c1ccccc1. The molecule has 17 heavy (non-hydrogen) atoms. The van der Waals surface area contributed by atoms with Gasteiger partial charge in [0, 0.05) is 5.69 Å². The lowest BCUT2D eigenvalue weighted by Gasteiger charge is -2.25. The number of benzene rings is 2. The van der Waals surface area contributed by atoms with E-state index in [1.165, 1.54) is 0 Å². The van der Waals surface area contributed by atoms with Gasteiger partial charge in [-0.15, -0.1) is 0 Å². The van der Waals surface area contributed by atoms with E-state index in [9.17, 15) is 4.79 Å². The van der Waals surface area contributed by atoms with Crippen LogP contribution in [0.1, 0.15) is 18.5 Å². The van der Waals surface area contributed by atoms with Crippen LogP contribution in [0, 0.1) is 0 Å². The summed E-state index contributed by atoms with van der Waals surface area (Å²) in [6.07, 6.45) is 0.882. The highest BCUT2D eigenvalue weighted by molar-refractivity contribution is 5.76. The van der Waals surface area contributed by atoms with Gasteiger partial charge in [0.1, 0.15) is 0 Å². The summed E-state index contributed by atoms with van der Waals surface area (Å²) in [5.41, 5.74) is 2.04. The van der Waals surface area contributed by atoms with Crippen LogP contribution in [-0.2, 0) is 4.79 Å². The number of carbonyl (C=O) groups is 1. The zero-order valence-electron chi connectivity index (χ0n) is 9.78. The highest BCUT2D eigenvalue weighted by atomic mass is 16.1. The molecule has 0 spiro atoms. The first-order valence-electron chi connectivity index (χ1n) is 5.66. The number of nitrogens with zero attached hydrogens (tertiary/aromatic N) is 1. The molecule has 1 unspecified atom stereocenters. The highest BCUT2D eigenvalue weighted by Crippen LogP contribution is 2.24. The summed E-state index contributed by atoms with van der Waals surface area (Å²) < 4.78 is 0. The molecule has 0 aliphatic rings. The number of para-hydroxylation sites is 1. The second kappa shape index (κ2) is 5.30. The average Bonchev–Trinajstić information content (AvgIpc) is 2.42. The summed E-state index contributed by atoms with van der Waals surface area (Å²) >= 11 is 0. The second-order valence-corrected chi connectivity index (χ2v) is 3.93. The molecule has 0 aliphatic carbocycles. The molecule has 2 rings (SSSR count). The van der Waals surface area contributed by atoms with Gasteiger partial charge in [-0.1, -0.05) is 48.5 Å². The van der Waals surface area contributed by atoms with Crippen LogP contribution in [0.15, 0.2) is 60.7 Å². The fourth-order valence-electron chi connectivity index (χ4n) is 1.87. The van der Waals surface area contributed by atoms with E-state index >= 15 is 0 Å². The van der Waals surface area contributed by atoms with Crippen molar-refractivity contribution in [3.05, 3.63) is 66.2 Å². The Balaban J connectivity index is 2.28. The minimum Gasteiger partial charge on any atom is -0.308 e. The predicted molar refractivity (Wildman–Crippen MR) is 69.8 cm³/mol. The van der Waals surface area contributed by atoms with E-state index in [2.05, 4.69) is 0 Å². The second-order valence-electron chi connectivity index (χ2n) is 3.93. The monoisotopic (exact) mass is 225 g/mol. The van der Waals surface area contributed by atoms with Gasteiger partial charge < -0.3 is 4.90 Å². The zero-order chi connectivity index (χ0) is 12.1. The fourth-order valence-corrected chi connectivity index (χ4v) is 1.87. The van der Waals surface area contributed by atoms with Crippen LogP contribution in [0.3, 0.4) is 0 Å². The molecule has 86 valence electrons. The molecule has 2 aromatic carbocycles. The molecule has 1 atom stereocenters. The van der Waals surface area contributed by atoms with Gasteiger partial charge in [0.15, 0.2) is 0 Å². The smallest absolute Gasteiger partial charge is 0.214 e. The molecule has 0 fully saturated rings. The van der Waals surface area contributed by atoms with Gasteiger partial charge in [0.25, 0.3) is 0 Å². The molecular formula is C15H15NO. The van der Waals surface area contributed by atoms with Crippen LogP contribution >= 0.6 is 0 Å². The van der Waals surface area contributed by atoms with Crippen molar-refractivity contribution in [2.75, 3.05) is 4.90 Å². The highest BCUT2D eigenvalue weighted by Gasteiger charge is 2.14. The lowest BCUT2D eigenvalue weighted by molar-refractivity contribution is -0.107. The summed E-state index contributed by atoms with van der Waals surface area (Å²) in [6.45, 7) is 2.02. The van der Waals surface area contributed by atoms with E-state index in [4.69, 9.17) is 0 Å². The number of carbonyl (C=O) groups excluding carboxylic acids is 1. The van der Waals surface area contributed by atoms with E-state index in [-0.39, 0.29) is 6.04 Å². The van der Waals surface area contributed by atoms with Gasteiger partial charge in [0.05, 0.1) is 6.04 Å². The van der Waals surface area contributed by atoms with E-state index in [1.54, 1.807) is 4.90 Å². The standard InChI is InChI=1S/C15H15NO/c1-13(14-8-4-2-5-9-14)16(12-17)15-10-6-3-7-11-15/h2-13H,1H3. The Morgan fingerprint density at radius 3 is 2.00 bits per heavy atom. The third-order valence-electron chi connectivity index (χ3n) is 2.87. The number of hydrogen-bond acceptors (Lipinski definition) is 1. The lowest BCUT2D eigenvalue weighted by atomic mass is 10.1. The van der Waals surface area contributed by atoms with Gasteiger partial charge in [-0.25, -0.2) is 0 Å². The molecule has 0 heterocycles. The van der Waals surface area contributed by atoms with Crippen molar-refractivity contribution >= 4 is 12.1 Å². The minimum absolute atomic E-state index is 0.0381. The van der Waals surface area contributed by atoms with Crippen molar-refractivity contribution in [1.29, 1.82) is 0 Å². The first-order chi connectivity index (χ1) is 8.33. The van der Waals surface area contributed by atoms with Crippen LogP contribution < -0.4 is 4.90 Å². The van der Waals surface area contributed by atoms with Crippen LogP contribution in [0.5, 0.6) is 0 Å². The van der Waals surface area contributed by atoms with Gasteiger partial charge in [0.2, 0.25) is 6.41 Å². The third-order valence-corrected chi connectivity index (χ3v) is 2.87. The Morgan fingerprint density at radius 2 is 1.47 bits per heavy atom. The van der Waals surface area contributed by atoms with E-state index in [1.807, 2.05) is 67.6 Å². The van der Waals surface area contributed by atoms with Crippen molar-refractivity contribution in [2.24, 2.45) is 0 Å². The topological polar surface area (TPSA) is 20.3 Å². The van der Waals surface area contributed by atoms with Crippen LogP contribution in [-0.4, -0.2) is 6.41 Å². The summed E-state index contributed by atoms with van der Waals surface area (Å²) in [6, 6.07) is 19.7. The third kappa shape index (κ3) is 2.53. The maximum absolute atomic E-state index is 11.2. The van der Waals surface area contributed by atoms with Gasteiger partial charge in [-0.2, -0.15) is 0 Å². The maximum Gasteiger partial charge on any atom is 0.214 e. The molecule has 2 aromatic rings. The van der Waals surface area contributed by atoms with Crippen LogP contribution in [0.25, 0.3) is 0 Å². The molecule has 0 aliphatic heterocycles. The molecule has 0 aromatic heterocycles. The number of rotatable bonds is 4. The Kier molecular flexibility index (Phi) is 3.55. The van der Waals surface area contributed by atoms with E-state index < -0.39 is 0 Å². The van der Waals surface area contributed by atoms with E-state index in [0.717, 1.165) is 17.7 Å². The summed E-state index contributed by atoms with van der Waals surface area (Å²) in [5.74, 6) is 0. The Hall–Kier alpha value is -2.09. The molecule has 1 amide bonds. The van der Waals surface area contributed by atoms with Crippen molar-refractivity contribution in [3.63, 3.8) is 0 Å². The van der Waals surface area contributed by atoms with E-state index in [0.29, 0.717) is 0 Å². The molecule has 0 bridgehead atoms. The number of hydrogen-bond donors (Lipinski definition) is 0. The molecule has 0 saturated heterocycles. The predicted octanol–water partition coefficient (Wildman–Crippen LogP) is 3.41. The van der Waals surface area contributed by atoms with Crippen molar-refractivity contribution < 1.29 is 4.79 Å². The van der Waals surface area contributed by atoms with Crippen molar-refractivity contribution in [3.8, 4) is 0 Å². The molecule has 0 saturated carbocycles. The summed E-state index contributed by atoms with van der Waals surface area (Å²) in [7, 11) is 0. The van der Waals surface area contributed by atoms with Gasteiger partial charge in [-0.05, 0) is 24.6 Å². The normalized spacial score (nSPS) is 11.8. The van der Waals surface area contributed by atoms with Gasteiger partial charge in [-0.3, -0.25) is 4.79 Å². The first kappa shape index (κ1) is 11.4. The Morgan fingerprint density at radius 1 is 0.941 bits per heavy atom. The molecule has 0 radical (unpaired) electrons. The number of amides is 1. The maximum atomic E-state index is 11.2. The Labute approximate surface area is 102 Å². The molecule has 2 nitrogen and oxygen atoms in total. The Bertz CT molecular complexity index is 467. The van der Waals surface area contributed by atoms with Crippen molar-refractivity contribution in [1.82, 2.24) is 0 Å². The molecule has 0 N–H and O–H groups in total.